The van der Waals surface area contributed by atoms with Gasteiger partial charge < -0.3 is 53.8 Å². The Morgan fingerprint density at radius 3 is 1.85 bits per heavy atom. The van der Waals surface area contributed by atoms with E-state index in [1.165, 1.54) is 19.2 Å². The van der Waals surface area contributed by atoms with Gasteiger partial charge in [-0.3, -0.25) is 19.2 Å². The van der Waals surface area contributed by atoms with Crippen molar-refractivity contribution in [2.45, 2.75) is 52.2 Å². The van der Waals surface area contributed by atoms with Crippen molar-refractivity contribution in [3.63, 3.8) is 0 Å². The molecule has 5 aromatic rings. The summed E-state index contributed by atoms with van der Waals surface area (Å²) >= 11 is 0. The van der Waals surface area contributed by atoms with E-state index >= 15 is 0 Å². The van der Waals surface area contributed by atoms with Crippen LogP contribution in [0.25, 0.3) is 49.2 Å². The molecule has 0 atom stereocenters. The van der Waals surface area contributed by atoms with Gasteiger partial charge in [0, 0.05) is 42.8 Å². The van der Waals surface area contributed by atoms with Crippen molar-refractivity contribution in [3.8, 4) is 11.5 Å². The standard InChI is InChI=1S/C44H51NO14/c1-24-18-28-27(6-5-10-58-32(50)7-11-56-16-14-53-2)42(45-9-13-59-33(51)8-12-57-17-15-54-3)38-30(48)20-25(22-46)34-35-26(23-47)21-31(49)39-41(35)37(36(28)40(34)38)29(19-24)44(55-4)43(39)52/h18,20-21,45-47,52H,5-17,19,22-23H2,1-4H3. The Bertz CT molecular complexity index is 2480. The van der Waals surface area contributed by atoms with Crippen molar-refractivity contribution < 1.29 is 58.1 Å². The van der Waals surface area contributed by atoms with Gasteiger partial charge in [-0.2, -0.15) is 0 Å². The van der Waals surface area contributed by atoms with Crippen LogP contribution in [0.2, 0.25) is 0 Å². The SMILES string of the molecule is COCCOCCC(=O)OCCCc1c(NCCOC(=O)CCOCCOC)c2c(=O)cc(CO)c3c4c(CO)cc(=O)c5c(O)c(OC)c6c(c(c1C=C(C)C6)c23)c54. The highest BCUT2D eigenvalue weighted by Crippen LogP contribution is 2.53. The number of aliphatic hydroxyl groups is 2. The number of carbonyl (C=O) groups excluding carboxylic acids is 2. The molecular weight excluding hydrogens is 766 g/mol. The van der Waals surface area contributed by atoms with Crippen molar-refractivity contribution in [1.29, 1.82) is 0 Å². The average molecular weight is 818 g/mol. The maximum absolute atomic E-state index is 14.5. The van der Waals surface area contributed by atoms with Gasteiger partial charge in [-0.15, -0.1) is 0 Å². The summed E-state index contributed by atoms with van der Waals surface area (Å²) in [5.74, 6) is -1.10. The number of esters is 2. The summed E-state index contributed by atoms with van der Waals surface area (Å²) < 4.78 is 37.6. The molecule has 0 aliphatic heterocycles. The third kappa shape index (κ3) is 8.76. The lowest BCUT2D eigenvalue weighted by atomic mass is 9.80. The highest BCUT2D eigenvalue weighted by molar-refractivity contribution is 6.38. The van der Waals surface area contributed by atoms with Gasteiger partial charge in [0.2, 0.25) is 0 Å². The number of hydrogen-bond acceptors (Lipinski definition) is 15. The van der Waals surface area contributed by atoms with Crippen LogP contribution >= 0.6 is 0 Å². The first-order valence-corrected chi connectivity index (χ1v) is 19.6. The number of hydrogen-bond donors (Lipinski definition) is 4. The third-order valence-electron chi connectivity index (χ3n) is 10.6. The summed E-state index contributed by atoms with van der Waals surface area (Å²) in [7, 11) is 4.54. The second kappa shape index (κ2) is 19.7. The molecule has 1 aliphatic carbocycles. The number of anilines is 1. The number of nitrogens with one attached hydrogen (secondary N) is 1. The number of phenolic OH excluding ortho intramolecular Hbond substituents is 1. The first-order valence-electron chi connectivity index (χ1n) is 19.6. The highest BCUT2D eigenvalue weighted by Gasteiger charge is 2.32. The Balaban J connectivity index is 1.53. The number of allylic oxidation sites excluding steroid dienone is 1. The maximum Gasteiger partial charge on any atom is 0.308 e. The smallest absolute Gasteiger partial charge is 0.308 e. The first-order chi connectivity index (χ1) is 28.6. The van der Waals surface area contributed by atoms with E-state index in [9.17, 15) is 34.5 Å². The molecule has 0 fully saturated rings. The molecule has 0 heterocycles. The Morgan fingerprint density at radius 2 is 1.27 bits per heavy atom. The monoisotopic (exact) mass is 817 g/mol. The molecule has 0 saturated heterocycles. The molecular formula is C44H51NO14. The first kappa shape index (κ1) is 43.4. The number of fused-ring (bicyclic) bond motifs is 1. The Kier molecular flexibility index (Phi) is 14.5. The summed E-state index contributed by atoms with van der Waals surface area (Å²) in [6.07, 6.45) is 3.11. The van der Waals surface area contributed by atoms with Gasteiger partial charge in [-0.25, -0.2) is 0 Å². The molecule has 6 rings (SSSR count). The fraction of sp³-hybridized carbons (Fsp3) is 0.455. The summed E-state index contributed by atoms with van der Waals surface area (Å²) in [5.41, 5.74) is 3.01. The van der Waals surface area contributed by atoms with Crippen LogP contribution in [0.3, 0.4) is 0 Å². The number of rotatable bonds is 23. The number of aromatic hydroxyl groups is 1. The zero-order valence-corrected chi connectivity index (χ0v) is 33.9. The van der Waals surface area contributed by atoms with Crippen LogP contribution in [0.4, 0.5) is 5.69 Å². The molecule has 0 spiro atoms. The molecule has 15 nitrogen and oxygen atoms in total. The molecule has 4 N–H and O–H groups in total. The second-order valence-corrected chi connectivity index (χ2v) is 14.4. The number of phenols is 1. The van der Waals surface area contributed by atoms with Crippen LogP contribution in [0.5, 0.6) is 11.5 Å². The van der Waals surface area contributed by atoms with E-state index in [2.05, 4.69) is 5.32 Å². The molecule has 59 heavy (non-hydrogen) atoms. The molecule has 0 saturated carbocycles. The van der Waals surface area contributed by atoms with Gasteiger partial charge in [-0.1, -0.05) is 11.6 Å². The van der Waals surface area contributed by atoms with Gasteiger partial charge in [0.1, 0.15) is 6.61 Å². The molecule has 15 heteroatoms. The third-order valence-corrected chi connectivity index (χ3v) is 10.6. The fourth-order valence-corrected chi connectivity index (χ4v) is 8.15. The van der Waals surface area contributed by atoms with Crippen LogP contribution in [0, 0.1) is 0 Å². The summed E-state index contributed by atoms with van der Waals surface area (Å²) in [4.78, 5) is 53.4. The Hall–Kier alpha value is -5.16. The van der Waals surface area contributed by atoms with Crippen molar-refractivity contribution in [2.24, 2.45) is 0 Å². The topological polar surface area (TPSA) is 206 Å². The predicted molar refractivity (Wildman–Crippen MR) is 222 cm³/mol. The number of benzene rings is 5. The minimum absolute atomic E-state index is 0.0000285. The van der Waals surface area contributed by atoms with E-state index in [0.717, 1.165) is 11.1 Å². The zero-order chi connectivity index (χ0) is 42.2. The van der Waals surface area contributed by atoms with E-state index in [1.807, 2.05) is 13.0 Å². The largest absolute Gasteiger partial charge is 0.504 e. The maximum atomic E-state index is 14.5. The number of ether oxygens (including phenoxy) is 7. The van der Waals surface area contributed by atoms with Crippen molar-refractivity contribution in [1.82, 2.24) is 0 Å². The fourth-order valence-electron chi connectivity index (χ4n) is 8.15. The highest BCUT2D eigenvalue weighted by atomic mass is 16.5. The van der Waals surface area contributed by atoms with Gasteiger partial charge >= 0.3 is 11.9 Å². The predicted octanol–water partition coefficient (Wildman–Crippen LogP) is 4.09. The Labute approximate surface area is 340 Å². The minimum atomic E-state index is -0.531. The summed E-state index contributed by atoms with van der Waals surface area (Å²) in [6, 6.07) is 2.62. The number of aliphatic hydroxyl groups excluding tert-OH is 2. The molecule has 5 aromatic carbocycles. The van der Waals surface area contributed by atoms with Crippen molar-refractivity contribution in [2.75, 3.05) is 86.0 Å². The van der Waals surface area contributed by atoms with E-state index in [1.54, 1.807) is 14.2 Å². The van der Waals surface area contributed by atoms with Crippen LogP contribution in [0.1, 0.15) is 54.0 Å². The molecule has 0 bridgehead atoms. The summed E-state index contributed by atoms with van der Waals surface area (Å²) in [6.45, 7) is 2.90. The summed E-state index contributed by atoms with van der Waals surface area (Å²) in [5, 5.41) is 39.9. The normalized spacial score (nSPS) is 12.5. The number of carbonyl (C=O) groups is 2. The van der Waals surface area contributed by atoms with Gasteiger partial charge in [-0.05, 0) is 82.1 Å². The lowest BCUT2D eigenvalue weighted by molar-refractivity contribution is -0.145. The molecule has 0 aromatic heterocycles. The molecule has 316 valence electrons. The van der Waals surface area contributed by atoms with Crippen LogP contribution < -0.4 is 20.9 Å². The van der Waals surface area contributed by atoms with Gasteiger partial charge in [0.05, 0.1) is 90.2 Å². The quantitative estimate of drug-likeness (QED) is 0.0317. The molecule has 1 aliphatic rings. The van der Waals surface area contributed by atoms with E-state index in [-0.39, 0.29) is 79.2 Å². The molecule has 0 unspecified atom stereocenters. The van der Waals surface area contributed by atoms with Gasteiger partial charge in [0.15, 0.2) is 22.4 Å². The van der Waals surface area contributed by atoms with Crippen molar-refractivity contribution >= 4 is 66.8 Å². The van der Waals surface area contributed by atoms with E-state index < -0.39 is 36.0 Å². The molecule has 0 radical (unpaired) electrons. The number of methoxy groups -OCH3 is 3. The minimum Gasteiger partial charge on any atom is -0.504 e. The van der Waals surface area contributed by atoms with Crippen molar-refractivity contribution in [3.05, 3.63) is 66.0 Å². The van der Waals surface area contributed by atoms with Crippen LogP contribution in [-0.4, -0.2) is 108 Å². The van der Waals surface area contributed by atoms with E-state index in [0.29, 0.717) is 94.8 Å². The zero-order valence-electron chi connectivity index (χ0n) is 33.9. The Morgan fingerprint density at radius 1 is 0.695 bits per heavy atom. The van der Waals surface area contributed by atoms with Crippen LogP contribution in [0.15, 0.2) is 27.3 Å². The van der Waals surface area contributed by atoms with E-state index in [4.69, 9.17) is 33.2 Å². The van der Waals surface area contributed by atoms with Gasteiger partial charge in [0.25, 0.3) is 0 Å². The average Bonchev–Trinajstić information content (AvgIpc) is 3.37. The van der Waals surface area contributed by atoms with Crippen LogP contribution in [-0.2, 0) is 64.1 Å². The second-order valence-electron chi connectivity index (χ2n) is 14.4. The lowest BCUT2D eigenvalue weighted by Crippen LogP contribution is -2.19. The lowest BCUT2D eigenvalue weighted by Gasteiger charge is -2.25. The molecule has 0 amide bonds.